The van der Waals surface area contributed by atoms with Crippen molar-refractivity contribution in [1.82, 2.24) is 4.57 Å². The van der Waals surface area contributed by atoms with Crippen molar-refractivity contribution in [1.29, 1.82) is 0 Å². The quantitative estimate of drug-likeness (QED) is 0.178. The third-order valence-electron chi connectivity index (χ3n) is 11.4. The molecule has 4 heteroatoms. The van der Waals surface area contributed by atoms with Crippen molar-refractivity contribution in [3.63, 3.8) is 0 Å². The lowest BCUT2D eigenvalue weighted by Gasteiger charge is -2.30. The molecule has 0 atom stereocenters. The van der Waals surface area contributed by atoms with Gasteiger partial charge in [-0.3, -0.25) is 0 Å². The highest BCUT2D eigenvalue weighted by Crippen LogP contribution is 2.47. The molecule has 0 unspecified atom stereocenters. The van der Waals surface area contributed by atoms with E-state index in [9.17, 15) is 0 Å². The monoisotopic (exact) mass is 716 g/mol. The zero-order chi connectivity index (χ0) is 36.7. The summed E-state index contributed by atoms with van der Waals surface area (Å²) in [5, 5.41) is 9.21. The van der Waals surface area contributed by atoms with E-state index in [-0.39, 0.29) is 0 Å². The SMILES string of the molecule is c1ccc(N(c2ccc3oc4ccccc4c3c2)c2ccccc2-n2c3ccccc3c3ccccc32)c(-c2ccc3oc4cc5ccccc5cc4c3c2)c1. The Kier molecular flexibility index (Phi) is 6.60. The topological polar surface area (TPSA) is 34.5 Å². The maximum Gasteiger partial charge on any atom is 0.136 e. The van der Waals surface area contributed by atoms with Crippen LogP contribution in [0.4, 0.5) is 17.1 Å². The van der Waals surface area contributed by atoms with E-state index in [1.54, 1.807) is 0 Å². The van der Waals surface area contributed by atoms with Crippen molar-refractivity contribution >= 4 is 93.5 Å². The number of hydrogen-bond acceptors (Lipinski definition) is 3. The fourth-order valence-corrected chi connectivity index (χ4v) is 8.83. The second kappa shape index (κ2) is 12.0. The van der Waals surface area contributed by atoms with E-state index in [0.717, 1.165) is 88.8 Å². The zero-order valence-corrected chi connectivity index (χ0v) is 30.2. The number of fused-ring (bicyclic) bond motifs is 10. The van der Waals surface area contributed by atoms with Crippen molar-refractivity contribution in [2.75, 3.05) is 4.90 Å². The van der Waals surface area contributed by atoms with E-state index in [1.807, 2.05) is 12.1 Å². The van der Waals surface area contributed by atoms with Crippen LogP contribution in [0.3, 0.4) is 0 Å². The zero-order valence-electron chi connectivity index (χ0n) is 30.2. The molecule has 0 fully saturated rings. The van der Waals surface area contributed by atoms with Crippen LogP contribution in [0.15, 0.2) is 203 Å². The second-order valence-corrected chi connectivity index (χ2v) is 14.5. The Bertz CT molecular complexity index is 3460. The molecule has 56 heavy (non-hydrogen) atoms. The molecule has 0 spiro atoms. The molecular formula is C52H32N2O2. The summed E-state index contributed by atoms with van der Waals surface area (Å²) >= 11 is 0. The van der Waals surface area contributed by atoms with E-state index in [4.69, 9.17) is 8.83 Å². The van der Waals surface area contributed by atoms with Gasteiger partial charge in [0.15, 0.2) is 0 Å². The van der Waals surface area contributed by atoms with Crippen LogP contribution < -0.4 is 4.90 Å². The molecule has 0 aliphatic carbocycles. The molecule has 262 valence electrons. The summed E-state index contributed by atoms with van der Waals surface area (Å²) in [6.45, 7) is 0. The third-order valence-corrected chi connectivity index (χ3v) is 11.4. The number of benzene rings is 9. The van der Waals surface area contributed by atoms with E-state index in [1.165, 1.54) is 21.5 Å². The van der Waals surface area contributed by atoms with Gasteiger partial charge in [-0.2, -0.15) is 0 Å². The molecule has 0 N–H and O–H groups in total. The molecule has 3 aromatic heterocycles. The molecule has 3 heterocycles. The standard InChI is InChI=1S/C52H32N2O2/c1-2-14-34-31-52-42(29-33(34)13-1)41-30-35(25-27-50(41)56-52)37-15-3-7-19-44(37)53(36-26-28-51-43(32-36)40-18-6-12-24-49(40)55-51)47-22-10-11-23-48(47)54-45-20-8-4-16-38(45)39-17-5-9-21-46(39)54/h1-32H. The largest absolute Gasteiger partial charge is 0.456 e. The highest BCUT2D eigenvalue weighted by Gasteiger charge is 2.24. The number of furan rings is 2. The average Bonchev–Trinajstić information content (AvgIpc) is 3.92. The van der Waals surface area contributed by atoms with Crippen LogP contribution in [0.1, 0.15) is 0 Å². The number of aromatic nitrogens is 1. The average molecular weight is 717 g/mol. The van der Waals surface area contributed by atoms with E-state index in [2.05, 4.69) is 191 Å². The molecule has 0 amide bonds. The first-order chi connectivity index (χ1) is 27.8. The first-order valence-electron chi connectivity index (χ1n) is 19.0. The number of para-hydroxylation sites is 6. The van der Waals surface area contributed by atoms with Gasteiger partial charge in [-0.15, -0.1) is 0 Å². The minimum atomic E-state index is 0.865. The fourth-order valence-electron chi connectivity index (χ4n) is 8.83. The molecule has 12 rings (SSSR count). The lowest BCUT2D eigenvalue weighted by Crippen LogP contribution is -2.14. The maximum atomic E-state index is 6.44. The summed E-state index contributed by atoms with van der Waals surface area (Å²) in [5.74, 6) is 0. The Balaban J connectivity index is 1.13. The Labute approximate surface area is 321 Å². The lowest BCUT2D eigenvalue weighted by molar-refractivity contribution is 0.669. The molecule has 0 bridgehead atoms. The van der Waals surface area contributed by atoms with Crippen LogP contribution in [-0.4, -0.2) is 4.57 Å². The van der Waals surface area contributed by atoms with Gasteiger partial charge >= 0.3 is 0 Å². The Hall–Kier alpha value is -7.56. The predicted molar refractivity (Wildman–Crippen MR) is 233 cm³/mol. The van der Waals surface area contributed by atoms with Crippen LogP contribution in [0.25, 0.3) is 93.3 Å². The minimum absolute atomic E-state index is 0.865. The summed E-state index contributed by atoms with van der Waals surface area (Å²) in [6.07, 6.45) is 0. The Morgan fingerprint density at radius 2 is 0.911 bits per heavy atom. The van der Waals surface area contributed by atoms with Crippen LogP contribution in [0.5, 0.6) is 0 Å². The van der Waals surface area contributed by atoms with Crippen molar-refractivity contribution in [2.45, 2.75) is 0 Å². The highest BCUT2D eigenvalue weighted by molar-refractivity contribution is 6.13. The van der Waals surface area contributed by atoms with Crippen LogP contribution >= 0.6 is 0 Å². The second-order valence-electron chi connectivity index (χ2n) is 14.5. The van der Waals surface area contributed by atoms with Crippen molar-refractivity contribution in [3.05, 3.63) is 194 Å². The van der Waals surface area contributed by atoms with Crippen molar-refractivity contribution in [3.8, 4) is 16.8 Å². The first-order valence-corrected chi connectivity index (χ1v) is 19.0. The molecule has 9 aromatic carbocycles. The van der Waals surface area contributed by atoms with E-state index < -0.39 is 0 Å². The van der Waals surface area contributed by atoms with Crippen LogP contribution in [0.2, 0.25) is 0 Å². The fraction of sp³-hybridized carbons (Fsp3) is 0. The predicted octanol–water partition coefficient (Wildman–Crippen LogP) is 14.9. The lowest BCUT2D eigenvalue weighted by atomic mass is 9.98. The summed E-state index contributed by atoms with van der Waals surface area (Å²) in [4.78, 5) is 2.42. The van der Waals surface area contributed by atoms with Crippen LogP contribution in [-0.2, 0) is 0 Å². The molecular weight excluding hydrogens is 685 g/mol. The van der Waals surface area contributed by atoms with Crippen LogP contribution in [0, 0.1) is 0 Å². The van der Waals surface area contributed by atoms with Gasteiger partial charge in [-0.25, -0.2) is 0 Å². The molecule has 0 saturated carbocycles. The van der Waals surface area contributed by atoms with Gasteiger partial charge in [0, 0.05) is 43.6 Å². The molecule has 0 aliphatic rings. The van der Waals surface area contributed by atoms with Gasteiger partial charge in [0.1, 0.15) is 22.3 Å². The van der Waals surface area contributed by atoms with Gasteiger partial charge in [0.2, 0.25) is 0 Å². The molecule has 4 nitrogen and oxygen atoms in total. The van der Waals surface area contributed by atoms with Gasteiger partial charge in [-0.1, -0.05) is 115 Å². The van der Waals surface area contributed by atoms with Gasteiger partial charge in [0.05, 0.1) is 28.1 Å². The minimum Gasteiger partial charge on any atom is -0.456 e. The molecule has 0 saturated heterocycles. The third kappa shape index (κ3) is 4.60. The summed E-state index contributed by atoms with van der Waals surface area (Å²) in [5.41, 5.74) is 12.3. The Morgan fingerprint density at radius 3 is 1.71 bits per heavy atom. The summed E-state index contributed by atoms with van der Waals surface area (Å²) < 4.78 is 15.2. The number of nitrogens with zero attached hydrogens (tertiary/aromatic N) is 2. The number of rotatable bonds is 5. The van der Waals surface area contributed by atoms with E-state index >= 15 is 0 Å². The highest BCUT2D eigenvalue weighted by atomic mass is 16.3. The van der Waals surface area contributed by atoms with E-state index in [0.29, 0.717) is 0 Å². The maximum absolute atomic E-state index is 6.44. The number of hydrogen-bond donors (Lipinski definition) is 0. The van der Waals surface area contributed by atoms with Gasteiger partial charge < -0.3 is 18.3 Å². The molecule has 12 aromatic rings. The van der Waals surface area contributed by atoms with Gasteiger partial charge in [0.25, 0.3) is 0 Å². The smallest absolute Gasteiger partial charge is 0.136 e. The van der Waals surface area contributed by atoms with Gasteiger partial charge in [-0.05, 0) is 95.2 Å². The first kappa shape index (κ1) is 30.9. The Morgan fingerprint density at radius 1 is 0.357 bits per heavy atom. The molecule has 0 radical (unpaired) electrons. The normalized spacial score (nSPS) is 11.9. The summed E-state index contributed by atoms with van der Waals surface area (Å²) in [7, 11) is 0. The number of anilines is 3. The van der Waals surface area contributed by atoms with Crippen molar-refractivity contribution < 1.29 is 8.83 Å². The molecule has 0 aliphatic heterocycles. The summed E-state index contributed by atoms with van der Waals surface area (Å²) in [6, 6.07) is 69.2. The van der Waals surface area contributed by atoms with Crippen molar-refractivity contribution in [2.24, 2.45) is 0 Å².